The lowest BCUT2D eigenvalue weighted by Crippen LogP contribution is -2.22. The van der Waals surface area contributed by atoms with E-state index in [2.05, 4.69) is 0 Å². The maximum absolute atomic E-state index is 8.98. The first kappa shape index (κ1) is 14.1. The first-order valence-corrected chi connectivity index (χ1v) is 5.20. The Labute approximate surface area is 90.1 Å². The Hall–Kier alpha value is 0.130. The number of hydrogen-bond acceptors (Lipinski definition) is 4. The minimum Gasteiger partial charge on any atom is -0.393 e. The van der Waals surface area contributed by atoms with Crippen LogP contribution < -0.4 is 0 Å². The van der Waals surface area contributed by atoms with Crippen LogP contribution in [0.25, 0.3) is 0 Å². The molecule has 0 aliphatic heterocycles. The second-order valence-electron chi connectivity index (χ2n) is 2.96. The zero-order valence-corrected chi connectivity index (χ0v) is 9.50. The number of methoxy groups -OCH3 is 1. The number of alkyl halides is 1. The highest BCUT2D eigenvalue weighted by Gasteiger charge is 2.07. The number of rotatable bonds is 9. The monoisotopic (exact) mass is 226 g/mol. The standard InChI is InChI=1S/C9H19ClO4/c1-8(11)3-4-13-9(7-10)14-6-5-12-2/h8-9,11H,3-7H2,1-2H3. The Morgan fingerprint density at radius 2 is 1.86 bits per heavy atom. The third-order valence-corrected chi connectivity index (χ3v) is 1.81. The van der Waals surface area contributed by atoms with Gasteiger partial charge < -0.3 is 19.3 Å². The zero-order valence-electron chi connectivity index (χ0n) is 8.74. The van der Waals surface area contributed by atoms with Crippen molar-refractivity contribution in [1.82, 2.24) is 0 Å². The van der Waals surface area contributed by atoms with Gasteiger partial charge in [-0.2, -0.15) is 0 Å². The summed E-state index contributed by atoms with van der Waals surface area (Å²) in [4.78, 5) is 0. The topological polar surface area (TPSA) is 47.9 Å². The van der Waals surface area contributed by atoms with Crippen LogP contribution in [0.1, 0.15) is 13.3 Å². The summed E-state index contributed by atoms with van der Waals surface area (Å²) in [5, 5.41) is 8.98. The lowest BCUT2D eigenvalue weighted by atomic mass is 10.3. The van der Waals surface area contributed by atoms with E-state index in [0.29, 0.717) is 26.2 Å². The van der Waals surface area contributed by atoms with Gasteiger partial charge in [0, 0.05) is 7.11 Å². The molecule has 0 rings (SSSR count). The molecule has 0 bridgehead atoms. The second kappa shape index (κ2) is 9.68. The van der Waals surface area contributed by atoms with Gasteiger partial charge in [0.15, 0.2) is 6.29 Å². The molecule has 0 heterocycles. The Morgan fingerprint density at radius 1 is 1.21 bits per heavy atom. The number of hydrogen-bond donors (Lipinski definition) is 1. The first-order chi connectivity index (χ1) is 6.70. The van der Waals surface area contributed by atoms with Crippen molar-refractivity contribution in [2.45, 2.75) is 25.7 Å². The van der Waals surface area contributed by atoms with E-state index in [-0.39, 0.29) is 12.0 Å². The van der Waals surface area contributed by atoms with Gasteiger partial charge in [0.2, 0.25) is 0 Å². The van der Waals surface area contributed by atoms with Crippen LogP contribution in [0.4, 0.5) is 0 Å². The molecular weight excluding hydrogens is 208 g/mol. The summed E-state index contributed by atoms with van der Waals surface area (Å²) in [5.41, 5.74) is 0. The lowest BCUT2D eigenvalue weighted by molar-refractivity contribution is -0.138. The van der Waals surface area contributed by atoms with Crippen LogP contribution >= 0.6 is 11.6 Å². The van der Waals surface area contributed by atoms with Gasteiger partial charge in [-0.3, -0.25) is 0 Å². The van der Waals surface area contributed by atoms with Crippen molar-refractivity contribution in [3.63, 3.8) is 0 Å². The molecule has 0 fully saturated rings. The molecule has 0 spiro atoms. The van der Waals surface area contributed by atoms with Gasteiger partial charge >= 0.3 is 0 Å². The van der Waals surface area contributed by atoms with Gasteiger partial charge in [-0.15, -0.1) is 11.6 Å². The van der Waals surface area contributed by atoms with Crippen molar-refractivity contribution >= 4 is 11.6 Å². The maximum Gasteiger partial charge on any atom is 0.171 e. The van der Waals surface area contributed by atoms with Crippen LogP contribution in [-0.2, 0) is 14.2 Å². The predicted octanol–water partition coefficient (Wildman–Crippen LogP) is 1.00. The molecule has 2 unspecified atom stereocenters. The summed E-state index contributed by atoms with van der Waals surface area (Å²) in [6, 6.07) is 0. The number of aliphatic hydroxyl groups excluding tert-OH is 1. The number of aliphatic hydroxyl groups is 1. The molecule has 2 atom stereocenters. The van der Waals surface area contributed by atoms with E-state index in [1.807, 2.05) is 0 Å². The van der Waals surface area contributed by atoms with Crippen molar-refractivity contribution in [3.8, 4) is 0 Å². The van der Waals surface area contributed by atoms with E-state index >= 15 is 0 Å². The summed E-state index contributed by atoms with van der Waals surface area (Å²) in [6.45, 7) is 3.14. The van der Waals surface area contributed by atoms with E-state index in [9.17, 15) is 0 Å². The normalized spacial score (nSPS) is 15.4. The van der Waals surface area contributed by atoms with E-state index in [0.717, 1.165) is 0 Å². The highest BCUT2D eigenvalue weighted by atomic mass is 35.5. The van der Waals surface area contributed by atoms with Crippen LogP contribution in [0.15, 0.2) is 0 Å². The molecule has 0 aliphatic rings. The molecular formula is C9H19ClO4. The molecule has 0 amide bonds. The fourth-order valence-electron chi connectivity index (χ4n) is 0.770. The van der Waals surface area contributed by atoms with Gasteiger partial charge in [0.1, 0.15) is 0 Å². The molecule has 0 aromatic rings. The van der Waals surface area contributed by atoms with Gasteiger partial charge in [0.25, 0.3) is 0 Å². The van der Waals surface area contributed by atoms with Crippen LogP contribution in [0.5, 0.6) is 0 Å². The van der Waals surface area contributed by atoms with Crippen molar-refractivity contribution in [2.24, 2.45) is 0 Å². The van der Waals surface area contributed by atoms with Crippen LogP contribution in [0, 0.1) is 0 Å². The third kappa shape index (κ3) is 8.72. The summed E-state index contributed by atoms with van der Waals surface area (Å²) < 4.78 is 15.3. The molecule has 14 heavy (non-hydrogen) atoms. The molecule has 0 saturated carbocycles. The SMILES string of the molecule is COCCOC(CCl)OCCC(C)O. The zero-order chi connectivity index (χ0) is 10.8. The quantitative estimate of drug-likeness (QED) is 0.362. The Bertz CT molecular complexity index is 121. The Balaban J connectivity index is 3.38. The minimum atomic E-state index is -0.412. The Morgan fingerprint density at radius 3 is 2.36 bits per heavy atom. The summed E-state index contributed by atoms with van der Waals surface area (Å²) in [7, 11) is 1.60. The fourth-order valence-corrected chi connectivity index (χ4v) is 0.948. The smallest absolute Gasteiger partial charge is 0.171 e. The molecule has 0 saturated heterocycles. The minimum absolute atomic E-state index is 0.281. The molecule has 0 radical (unpaired) electrons. The molecule has 0 aliphatic carbocycles. The van der Waals surface area contributed by atoms with E-state index in [4.69, 9.17) is 30.9 Å². The lowest BCUT2D eigenvalue weighted by Gasteiger charge is -2.16. The number of halogens is 1. The van der Waals surface area contributed by atoms with Crippen LogP contribution in [0.2, 0.25) is 0 Å². The average Bonchev–Trinajstić information content (AvgIpc) is 2.15. The highest BCUT2D eigenvalue weighted by molar-refractivity contribution is 6.18. The molecule has 86 valence electrons. The van der Waals surface area contributed by atoms with Gasteiger partial charge in [-0.1, -0.05) is 0 Å². The molecule has 0 aromatic carbocycles. The van der Waals surface area contributed by atoms with Crippen LogP contribution in [-0.4, -0.2) is 50.3 Å². The molecule has 5 heteroatoms. The van der Waals surface area contributed by atoms with E-state index < -0.39 is 6.29 Å². The maximum atomic E-state index is 8.98. The summed E-state index contributed by atoms with van der Waals surface area (Å²) >= 11 is 5.61. The van der Waals surface area contributed by atoms with E-state index in [1.54, 1.807) is 14.0 Å². The van der Waals surface area contributed by atoms with Crippen molar-refractivity contribution < 1.29 is 19.3 Å². The first-order valence-electron chi connectivity index (χ1n) is 4.66. The summed E-state index contributed by atoms with van der Waals surface area (Å²) in [6.07, 6.45) is -0.184. The van der Waals surface area contributed by atoms with Gasteiger partial charge in [-0.25, -0.2) is 0 Å². The predicted molar refractivity (Wildman–Crippen MR) is 54.6 cm³/mol. The second-order valence-corrected chi connectivity index (χ2v) is 3.26. The van der Waals surface area contributed by atoms with E-state index in [1.165, 1.54) is 0 Å². The van der Waals surface area contributed by atoms with Gasteiger partial charge in [-0.05, 0) is 13.3 Å². The Kier molecular flexibility index (Phi) is 9.77. The van der Waals surface area contributed by atoms with Crippen molar-refractivity contribution in [3.05, 3.63) is 0 Å². The van der Waals surface area contributed by atoms with Crippen LogP contribution in [0.3, 0.4) is 0 Å². The highest BCUT2D eigenvalue weighted by Crippen LogP contribution is 2.00. The third-order valence-electron chi connectivity index (χ3n) is 1.56. The summed E-state index contributed by atoms with van der Waals surface area (Å²) in [5.74, 6) is 0.281. The number of ether oxygens (including phenoxy) is 3. The van der Waals surface area contributed by atoms with Crippen molar-refractivity contribution in [1.29, 1.82) is 0 Å². The molecule has 4 nitrogen and oxygen atoms in total. The van der Waals surface area contributed by atoms with Gasteiger partial charge in [0.05, 0.1) is 31.8 Å². The molecule has 1 N–H and O–H groups in total. The van der Waals surface area contributed by atoms with Crippen molar-refractivity contribution in [2.75, 3.05) is 32.8 Å². The average molecular weight is 227 g/mol. The fraction of sp³-hybridized carbons (Fsp3) is 1.00. The largest absolute Gasteiger partial charge is 0.393 e. The molecule has 0 aromatic heterocycles.